The molecule has 1 aromatic rings. The lowest BCUT2D eigenvalue weighted by Crippen LogP contribution is -2.38. The molecule has 1 fully saturated rings. The van der Waals surface area contributed by atoms with Crippen molar-refractivity contribution in [3.8, 4) is 11.5 Å². The highest BCUT2D eigenvalue weighted by Gasteiger charge is 2.36. The number of nitrogens with zero attached hydrogens (tertiary/aromatic N) is 1. The van der Waals surface area contributed by atoms with Gasteiger partial charge >= 0.3 is 0 Å². The van der Waals surface area contributed by atoms with Crippen molar-refractivity contribution in [2.45, 2.75) is 39.2 Å². The Morgan fingerprint density at radius 1 is 1.38 bits per heavy atom. The fourth-order valence-electron chi connectivity index (χ4n) is 2.99. The van der Waals surface area contributed by atoms with Gasteiger partial charge in [0.1, 0.15) is 11.5 Å². The van der Waals surface area contributed by atoms with Gasteiger partial charge in [-0.25, -0.2) is 0 Å². The minimum absolute atomic E-state index is 0.0562. The van der Waals surface area contributed by atoms with Gasteiger partial charge in [0.2, 0.25) is 11.8 Å². The molecule has 0 bridgehead atoms. The maximum Gasteiger partial charge on any atom is 0.227 e. The van der Waals surface area contributed by atoms with Crippen LogP contribution in [0.25, 0.3) is 0 Å². The van der Waals surface area contributed by atoms with Crippen LogP contribution < -0.4 is 19.7 Å². The number of hydrogen-bond acceptors (Lipinski definition) is 4. The molecule has 1 N–H and O–H groups in total. The average molecular weight is 334 g/mol. The molecule has 1 heterocycles. The van der Waals surface area contributed by atoms with E-state index in [1.54, 1.807) is 37.3 Å². The minimum atomic E-state index is -0.330. The molecule has 6 nitrogen and oxygen atoms in total. The molecule has 24 heavy (non-hydrogen) atoms. The molecule has 1 aliphatic heterocycles. The molecular formula is C18H26N2O4. The third-order valence-corrected chi connectivity index (χ3v) is 4.28. The highest BCUT2D eigenvalue weighted by Crippen LogP contribution is 2.35. The first-order valence-electron chi connectivity index (χ1n) is 8.32. The summed E-state index contributed by atoms with van der Waals surface area (Å²) in [7, 11) is 3.13. The summed E-state index contributed by atoms with van der Waals surface area (Å²) in [6.45, 7) is 4.44. The lowest BCUT2D eigenvalue weighted by molar-refractivity contribution is -0.126. The largest absolute Gasteiger partial charge is 0.497 e. The summed E-state index contributed by atoms with van der Waals surface area (Å²) in [5, 5.41) is 2.99. The molecule has 2 amide bonds. The number of hydrogen-bond donors (Lipinski definition) is 1. The summed E-state index contributed by atoms with van der Waals surface area (Å²) in [5.74, 6) is 0.762. The third-order valence-electron chi connectivity index (χ3n) is 4.28. The van der Waals surface area contributed by atoms with Gasteiger partial charge < -0.3 is 19.7 Å². The minimum Gasteiger partial charge on any atom is -0.497 e. The molecule has 6 heteroatoms. The smallest absolute Gasteiger partial charge is 0.227 e. The van der Waals surface area contributed by atoms with Crippen LogP contribution in [0.15, 0.2) is 18.2 Å². The maximum atomic E-state index is 12.4. The highest BCUT2D eigenvalue weighted by molar-refractivity contribution is 6.01. The molecule has 0 radical (unpaired) electrons. The second-order valence-corrected chi connectivity index (χ2v) is 6.14. The molecule has 0 spiro atoms. The van der Waals surface area contributed by atoms with E-state index in [-0.39, 0.29) is 30.2 Å². The number of amides is 2. The number of carbonyl (C=O) groups is 2. The summed E-state index contributed by atoms with van der Waals surface area (Å²) >= 11 is 0. The molecule has 1 saturated heterocycles. The zero-order valence-corrected chi connectivity index (χ0v) is 14.8. The van der Waals surface area contributed by atoms with E-state index in [1.165, 1.54) is 0 Å². The molecule has 2 atom stereocenters. The van der Waals surface area contributed by atoms with E-state index in [1.807, 2.05) is 6.92 Å². The predicted molar refractivity (Wildman–Crippen MR) is 92.5 cm³/mol. The number of ether oxygens (including phenoxy) is 2. The monoisotopic (exact) mass is 334 g/mol. The molecule has 0 unspecified atom stereocenters. The van der Waals surface area contributed by atoms with Gasteiger partial charge in [-0.15, -0.1) is 0 Å². The van der Waals surface area contributed by atoms with E-state index in [0.29, 0.717) is 23.7 Å². The second-order valence-electron chi connectivity index (χ2n) is 6.14. The highest BCUT2D eigenvalue weighted by atomic mass is 16.5. The predicted octanol–water partition coefficient (Wildman–Crippen LogP) is 2.36. The van der Waals surface area contributed by atoms with Crippen molar-refractivity contribution >= 4 is 17.5 Å². The Morgan fingerprint density at radius 3 is 2.75 bits per heavy atom. The number of nitrogens with one attached hydrogen (secondary N) is 1. The van der Waals surface area contributed by atoms with Gasteiger partial charge in [0, 0.05) is 25.1 Å². The SMILES string of the molecule is CCC[C@@H](C)NC(=O)[C@H]1CC(=O)N(c2ccc(OC)cc2OC)C1. The molecule has 1 aliphatic rings. The quantitative estimate of drug-likeness (QED) is 0.831. The van der Waals surface area contributed by atoms with Crippen LogP contribution in [-0.4, -0.2) is 38.6 Å². The van der Waals surface area contributed by atoms with Gasteiger partial charge in [0.25, 0.3) is 0 Å². The molecule has 0 aromatic heterocycles. The Labute approximate surface area is 143 Å². The number of carbonyl (C=O) groups excluding carboxylic acids is 2. The molecule has 2 rings (SSSR count). The molecule has 0 aliphatic carbocycles. The van der Waals surface area contributed by atoms with Crippen molar-refractivity contribution in [1.82, 2.24) is 5.32 Å². The van der Waals surface area contributed by atoms with Crippen molar-refractivity contribution in [1.29, 1.82) is 0 Å². The van der Waals surface area contributed by atoms with Gasteiger partial charge in [-0.05, 0) is 25.5 Å². The van der Waals surface area contributed by atoms with Crippen LogP contribution in [0.4, 0.5) is 5.69 Å². The van der Waals surface area contributed by atoms with Crippen LogP contribution in [0.1, 0.15) is 33.1 Å². The number of methoxy groups -OCH3 is 2. The zero-order chi connectivity index (χ0) is 17.7. The third kappa shape index (κ3) is 3.99. The topological polar surface area (TPSA) is 67.9 Å². The van der Waals surface area contributed by atoms with Crippen LogP contribution in [0, 0.1) is 5.92 Å². The molecular weight excluding hydrogens is 308 g/mol. The summed E-state index contributed by atoms with van der Waals surface area (Å²) in [6, 6.07) is 5.43. The van der Waals surface area contributed by atoms with Crippen LogP contribution in [0.3, 0.4) is 0 Å². The van der Waals surface area contributed by atoms with Gasteiger partial charge in [0.15, 0.2) is 0 Å². The van der Waals surface area contributed by atoms with Crippen LogP contribution in [0.5, 0.6) is 11.5 Å². The maximum absolute atomic E-state index is 12.4. The van der Waals surface area contributed by atoms with Crippen LogP contribution in [-0.2, 0) is 9.59 Å². The van der Waals surface area contributed by atoms with Gasteiger partial charge in [0.05, 0.1) is 25.8 Å². The Morgan fingerprint density at radius 2 is 2.12 bits per heavy atom. The summed E-state index contributed by atoms with van der Waals surface area (Å²) < 4.78 is 10.5. The zero-order valence-electron chi connectivity index (χ0n) is 14.8. The van der Waals surface area contributed by atoms with Gasteiger partial charge in [-0.1, -0.05) is 13.3 Å². The van der Waals surface area contributed by atoms with Crippen molar-refractivity contribution < 1.29 is 19.1 Å². The lowest BCUT2D eigenvalue weighted by atomic mass is 10.1. The fraction of sp³-hybridized carbons (Fsp3) is 0.556. The van der Waals surface area contributed by atoms with Crippen LogP contribution in [0.2, 0.25) is 0 Å². The Balaban J connectivity index is 2.11. The van der Waals surface area contributed by atoms with Crippen molar-refractivity contribution in [2.24, 2.45) is 5.92 Å². The Bertz CT molecular complexity index is 603. The van der Waals surface area contributed by atoms with E-state index in [0.717, 1.165) is 12.8 Å². The van der Waals surface area contributed by atoms with Gasteiger partial charge in [-0.3, -0.25) is 9.59 Å². The van der Waals surface area contributed by atoms with E-state index in [4.69, 9.17) is 9.47 Å². The number of rotatable bonds is 7. The summed E-state index contributed by atoms with van der Waals surface area (Å²) in [5.41, 5.74) is 0.667. The number of anilines is 1. The number of benzene rings is 1. The standard InChI is InChI=1S/C18H26N2O4/c1-5-6-12(2)19-18(22)13-9-17(21)20(11-13)15-8-7-14(23-3)10-16(15)24-4/h7-8,10,12-13H,5-6,9,11H2,1-4H3,(H,19,22)/t12-,13+/m1/s1. The van der Waals surface area contributed by atoms with Crippen LogP contribution >= 0.6 is 0 Å². The van der Waals surface area contributed by atoms with E-state index in [9.17, 15) is 9.59 Å². The van der Waals surface area contributed by atoms with E-state index in [2.05, 4.69) is 12.2 Å². The molecule has 132 valence electrons. The van der Waals surface area contributed by atoms with E-state index < -0.39 is 0 Å². The Hall–Kier alpha value is -2.24. The first-order chi connectivity index (χ1) is 11.5. The van der Waals surface area contributed by atoms with Crippen molar-refractivity contribution in [3.05, 3.63) is 18.2 Å². The first-order valence-corrected chi connectivity index (χ1v) is 8.32. The van der Waals surface area contributed by atoms with E-state index >= 15 is 0 Å². The van der Waals surface area contributed by atoms with Crippen molar-refractivity contribution in [2.75, 3.05) is 25.7 Å². The lowest BCUT2D eigenvalue weighted by Gasteiger charge is -2.20. The summed E-state index contributed by atoms with van der Waals surface area (Å²) in [6.07, 6.45) is 2.17. The Kier molecular flexibility index (Phi) is 6.06. The molecule has 0 saturated carbocycles. The summed E-state index contributed by atoms with van der Waals surface area (Å²) in [4.78, 5) is 26.4. The first kappa shape index (κ1) is 18.1. The van der Waals surface area contributed by atoms with Gasteiger partial charge in [-0.2, -0.15) is 0 Å². The van der Waals surface area contributed by atoms with Crippen molar-refractivity contribution in [3.63, 3.8) is 0 Å². The molecule has 1 aromatic carbocycles. The normalized spacial score (nSPS) is 18.4. The average Bonchev–Trinajstić information content (AvgIpc) is 2.96. The second kappa shape index (κ2) is 8.04. The fourth-order valence-corrected chi connectivity index (χ4v) is 2.99.